The van der Waals surface area contributed by atoms with E-state index in [2.05, 4.69) is 0 Å². The summed E-state index contributed by atoms with van der Waals surface area (Å²) >= 11 is 0. The molecule has 0 amide bonds. The normalized spacial score (nSPS) is 13.4. The Morgan fingerprint density at radius 1 is 0.650 bits per heavy atom. The van der Waals surface area contributed by atoms with Crippen molar-refractivity contribution in [1.82, 2.24) is 0 Å². The van der Waals surface area contributed by atoms with Crippen LogP contribution in [-0.4, -0.2) is 0 Å². The van der Waals surface area contributed by atoms with Gasteiger partial charge in [-0.15, -0.1) is 0 Å². The summed E-state index contributed by atoms with van der Waals surface area (Å²) < 4.78 is 77.7. The highest BCUT2D eigenvalue weighted by molar-refractivity contribution is 5.44. The fraction of sp³-hybridized carbons (Fsp3) is 0.571. The largest absolute Gasteiger partial charge is 0.416 e. The monoisotopic (exact) mass is 298 g/mol. The van der Waals surface area contributed by atoms with Crippen LogP contribution in [0, 0.1) is 0 Å². The van der Waals surface area contributed by atoms with Crippen LogP contribution < -0.4 is 0 Å². The third kappa shape index (κ3) is 3.46. The van der Waals surface area contributed by atoms with E-state index in [9.17, 15) is 26.3 Å². The highest BCUT2D eigenvalue weighted by Crippen LogP contribution is 2.42. The number of hydrogen-bond donors (Lipinski definition) is 0. The van der Waals surface area contributed by atoms with Crippen molar-refractivity contribution in [1.29, 1.82) is 0 Å². The van der Waals surface area contributed by atoms with E-state index in [1.807, 2.05) is 0 Å². The van der Waals surface area contributed by atoms with Crippen LogP contribution in [0.4, 0.5) is 26.3 Å². The minimum Gasteiger partial charge on any atom is -0.166 e. The Balaban J connectivity index is 3.70. The molecule has 0 aliphatic rings. The second kappa shape index (κ2) is 5.30. The van der Waals surface area contributed by atoms with Gasteiger partial charge in [-0.25, -0.2) is 0 Å². The Bertz CT molecular complexity index is 438. The lowest BCUT2D eigenvalue weighted by molar-refractivity contribution is -0.144. The Kier molecular flexibility index (Phi) is 4.46. The van der Waals surface area contributed by atoms with Gasteiger partial charge in [0, 0.05) is 0 Å². The van der Waals surface area contributed by atoms with Gasteiger partial charge < -0.3 is 0 Å². The van der Waals surface area contributed by atoms with E-state index in [1.165, 1.54) is 27.7 Å². The third-order valence-electron chi connectivity index (χ3n) is 3.08. The Morgan fingerprint density at radius 2 is 0.950 bits per heavy atom. The molecular formula is C14H16F6. The summed E-state index contributed by atoms with van der Waals surface area (Å²) in [5.74, 6) is -1.02. The summed E-state index contributed by atoms with van der Waals surface area (Å²) in [7, 11) is 0. The number of benzene rings is 1. The molecule has 0 aliphatic carbocycles. The zero-order valence-corrected chi connectivity index (χ0v) is 11.6. The third-order valence-corrected chi connectivity index (χ3v) is 3.08. The average molecular weight is 298 g/mol. The summed E-state index contributed by atoms with van der Waals surface area (Å²) in [6.07, 6.45) is -9.59. The molecule has 0 bridgehead atoms. The molecule has 0 heterocycles. The minimum atomic E-state index is -4.80. The molecule has 0 spiro atoms. The van der Waals surface area contributed by atoms with Crippen LogP contribution in [0.2, 0.25) is 0 Å². The van der Waals surface area contributed by atoms with Crippen LogP contribution in [0.25, 0.3) is 0 Å². The van der Waals surface area contributed by atoms with E-state index in [4.69, 9.17) is 0 Å². The Labute approximate surface area is 113 Å². The summed E-state index contributed by atoms with van der Waals surface area (Å²) in [4.78, 5) is 0. The van der Waals surface area contributed by atoms with Crippen molar-refractivity contribution in [2.24, 2.45) is 0 Å². The van der Waals surface area contributed by atoms with E-state index >= 15 is 0 Å². The zero-order valence-electron chi connectivity index (χ0n) is 11.6. The van der Waals surface area contributed by atoms with Crippen molar-refractivity contribution in [3.05, 3.63) is 34.4 Å². The molecule has 0 saturated heterocycles. The first-order chi connectivity index (χ1) is 8.85. The van der Waals surface area contributed by atoms with Gasteiger partial charge in [0.25, 0.3) is 0 Å². The van der Waals surface area contributed by atoms with E-state index in [-0.39, 0.29) is 17.2 Å². The van der Waals surface area contributed by atoms with Gasteiger partial charge in [-0.1, -0.05) is 33.8 Å². The van der Waals surface area contributed by atoms with Gasteiger partial charge >= 0.3 is 12.4 Å². The molecule has 114 valence electrons. The molecule has 0 saturated carbocycles. The molecule has 0 fully saturated rings. The van der Waals surface area contributed by atoms with Crippen LogP contribution in [0.5, 0.6) is 0 Å². The molecule has 0 aromatic heterocycles. The molecule has 0 atom stereocenters. The highest BCUT2D eigenvalue weighted by atomic mass is 19.4. The Morgan fingerprint density at radius 3 is 1.15 bits per heavy atom. The van der Waals surface area contributed by atoms with Gasteiger partial charge in [-0.05, 0) is 29.0 Å². The van der Waals surface area contributed by atoms with E-state index in [0.717, 1.165) is 6.07 Å². The maximum atomic E-state index is 12.9. The molecule has 0 N–H and O–H groups in total. The first kappa shape index (κ1) is 16.9. The fourth-order valence-corrected chi connectivity index (χ4v) is 2.08. The molecule has 0 radical (unpaired) electrons. The van der Waals surface area contributed by atoms with Crippen LogP contribution in [-0.2, 0) is 12.4 Å². The van der Waals surface area contributed by atoms with Crippen LogP contribution in [0.15, 0.2) is 12.1 Å². The number of alkyl halides is 6. The average Bonchev–Trinajstić information content (AvgIpc) is 2.24. The first-order valence-electron chi connectivity index (χ1n) is 6.18. The van der Waals surface area contributed by atoms with E-state index in [1.54, 1.807) is 0 Å². The molecule has 6 heteroatoms. The summed E-state index contributed by atoms with van der Waals surface area (Å²) in [6.45, 7) is 6.12. The van der Waals surface area contributed by atoms with Gasteiger partial charge in [-0.3, -0.25) is 0 Å². The Hall–Kier alpha value is -1.20. The van der Waals surface area contributed by atoms with Crippen molar-refractivity contribution < 1.29 is 26.3 Å². The first-order valence-corrected chi connectivity index (χ1v) is 6.18. The lowest BCUT2D eigenvalue weighted by Gasteiger charge is -2.22. The molecule has 20 heavy (non-hydrogen) atoms. The van der Waals surface area contributed by atoms with Crippen molar-refractivity contribution >= 4 is 0 Å². The van der Waals surface area contributed by atoms with Crippen LogP contribution in [0.3, 0.4) is 0 Å². The molecule has 0 aliphatic heterocycles. The van der Waals surface area contributed by atoms with Crippen molar-refractivity contribution in [3.63, 3.8) is 0 Å². The minimum absolute atomic E-state index is 0.103. The van der Waals surface area contributed by atoms with Gasteiger partial charge in [0.15, 0.2) is 0 Å². The van der Waals surface area contributed by atoms with Gasteiger partial charge in [-0.2, -0.15) is 26.3 Å². The summed E-state index contributed by atoms with van der Waals surface area (Å²) in [6, 6.07) is 1.28. The van der Waals surface area contributed by atoms with Gasteiger partial charge in [0.05, 0.1) is 11.1 Å². The van der Waals surface area contributed by atoms with Gasteiger partial charge in [0.1, 0.15) is 0 Å². The summed E-state index contributed by atoms with van der Waals surface area (Å²) in [5, 5.41) is 0. The zero-order chi connectivity index (χ0) is 15.9. The maximum Gasteiger partial charge on any atom is 0.416 e. The van der Waals surface area contributed by atoms with Crippen molar-refractivity contribution in [3.8, 4) is 0 Å². The van der Waals surface area contributed by atoms with Gasteiger partial charge in [0.2, 0.25) is 0 Å². The molecule has 0 unspecified atom stereocenters. The smallest absolute Gasteiger partial charge is 0.166 e. The summed E-state index contributed by atoms with van der Waals surface area (Å²) in [5.41, 5.74) is -2.61. The molecular weight excluding hydrogens is 282 g/mol. The fourth-order valence-electron chi connectivity index (χ4n) is 2.08. The van der Waals surface area contributed by atoms with Crippen LogP contribution in [0.1, 0.15) is 61.8 Å². The van der Waals surface area contributed by atoms with Crippen molar-refractivity contribution in [2.75, 3.05) is 0 Å². The second-order valence-electron chi connectivity index (χ2n) is 5.33. The topological polar surface area (TPSA) is 0 Å². The van der Waals surface area contributed by atoms with Crippen molar-refractivity contribution in [2.45, 2.75) is 51.9 Å². The predicted octanol–water partition coefficient (Wildman–Crippen LogP) is 5.97. The molecule has 0 nitrogen and oxygen atoms in total. The number of hydrogen-bond acceptors (Lipinski definition) is 0. The predicted molar refractivity (Wildman–Crippen MR) is 64.6 cm³/mol. The highest BCUT2D eigenvalue weighted by Gasteiger charge is 2.40. The SMILES string of the molecule is CC(C)c1cc(C(C)C)c(C(F)(F)F)cc1C(F)(F)F. The number of halogens is 6. The lowest BCUT2D eigenvalue weighted by atomic mass is 9.87. The second-order valence-corrected chi connectivity index (χ2v) is 5.33. The maximum absolute atomic E-state index is 12.9. The number of rotatable bonds is 2. The van der Waals surface area contributed by atoms with E-state index < -0.39 is 35.3 Å². The molecule has 1 aromatic rings. The molecule has 1 rings (SSSR count). The van der Waals surface area contributed by atoms with E-state index in [0.29, 0.717) is 0 Å². The standard InChI is InChI=1S/C14H16F6/c1-7(2)9-5-10(8(3)4)12(14(18,19)20)6-11(9)13(15,16)17/h5-8H,1-4H3. The van der Waals surface area contributed by atoms with Crippen LogP contribution >= 0.6 is 0 Å². The quantitative estimate of drug-likeness (QED) is 0.590. The molecule has 1 aromatic carbocycles. The lowest BCUT2D eigenvalue weighted by Crippen LogP contribution is -2.17.